The Balaban J connectivity index is 1.84. The highest BCUT2D eigenvalue weighted by Gasteiger charge is 2.22. The van der Waals surface area contributed by atoms with Crippen molar-refractivity contribution in [3.63, 3.8) is 0 Å². The molecule has 0 aliphatic heterocycles. The number of hydrogen-bond acceptors (Lipinski definition) is 4. The lowest BCUT2D eigenvalue weighted by Crippen LogP contribution is -2.25. The van der Waals surface area contributed by atoms with Gasteiger partial charge in [-0.2, -0.15) is 0 Å². The summed E-state index contributed by atoms with van der Waals surface area (Å²) in [7, 11) is 1.77. The third-order valence-corrected chi connectivity index (χ3v) is 5.20. The van der Waals surface area contributed by atoms with Crippen molar-refractivity contribution in [1.29, 1.82) is 0 Å². The number of carbonyl (C=O) groups is 1. The van der Waals surface area contributed by atoms with Gasteiger partial charge in [-0.1, -0.05) is 35.3 Å². The van der Waals surface area contributed by atoms with Crippen LogP contribution in [0.15, 0.2) is 36.5 Å². The molecule has 8 heteroatoms. The first kappa shape index (κ1) is 18.7. The summed E-state index contributed by atoms with van der Waals surface area (Å²) in [5, 5.41) is 23.5. The number of anilines is 1. The summed E-state index contributed by atoms with van der Waals surface area (Å²) in [6.45, 7) is 1.08. The summed E-state index contributed by atoms with van der Waals surface area (Å²) in [5.74, 6) is 0.0151. The van der Waals surface area contributed by atoms with E-state index >= 15 is 0 Å². The normalized spacial score (nSPS) is 13.6. The monoisotopic (exact) mass is 393 g/mol. The summed E-state index contributed by atoms with van der Waals surface area (Å²) in [4.78, 5) is 16.6. The number of pyridine rings is 1. The number of benzene rings is 1. The van der Waals surface area contributed by atoms with Crippen LogP contribution in [0.2, 0.25) is 10.2 Å². The van der Waals surface area contributed by atoms with Crippen LogP contribution in [0.25, 0.3) is 10.9 Å². The molecule has 2 heterocycles. The fraction of sp³-hybridized carbons (Fsp3) is 0.222. The van der Waals surface area contributed by atoms with E-state index in [1.54, 1.807) is 48.1 Å². The van der Waals surface area contributed by atoms with E-state index in [0.29, 0.717) is 32.5 Å². The molecule has 0 aliphatic carbocycles. The minimum atomic E-state index is -1.35. The molecule has 0 saturated heterocycles. The number of nitrogens with zero attached hydrogens (tertiary/aromatic N) is 2. The molecular weight excluding hydrogens is 377 g/mol. The van der Waals surface area contributed by atoms with E-state index in [9.17, 15) is 15.0 Å². The Labute approximate surface area is 160 Å². The van der Waals surface area contributed by atoms with Crippen molar-refractivity contribution in [3.8, 4) is 0 Å². The molecule has 0 unspecified atom stereocenters. The lowest BCUT2D eigenvalue weighted by atomic mass is 9.96. The van der Waals surface area contributed by atoms with Gasteiger partial charge in [0.2, 0.25) is 0 Å². The van der Waals surface area contributed by atoms with Crippen molar-refractivity contribution >= 4 is 45.8 Å². The van der Waals surface area contributed by atoms with E-state index in [2.05, 4.69) is 10.3 Å². The molecule has 0 radical (unpaired) electrons. The maximum Gasteiger partial charge on any atom is 0.256 e. The van der Waals surface area contributed by atoms with E-state index in [-0.39, 0.29) is 5.91 Å². The number of aromatic nitrogens is 2. The zero-order chi connectivity index (χ0) is 19.1. The average molecular weight is 394 g/mol. The zero-order valence-electron chi connectivity index (χ0n) is 14.1. The van der Waals surface area contributed by atoms with Gasteiger partial charge in [-0.15, -0.1) is 0 Å². The second kappa shape index (κ2) is 6.89. The highest BCUT2D eigenvalue weighted by Crippen LogP contribution is 2.33. The van der Waals surface area contributed by atoms with E-state index in [0.717, 1.165) is 5.52 Å². The molecule has 3 N–H and O–H groups in total. The number of nitrogens with one attached hydrogen (secondary N) is 1. The average Bonchev–Trinajstić information content (AvgIpc) is 2.86. The van der Waals surface area contributed by atoms with Crippen LogP contribution in [-0.2, 0) is 12.6 Å². The maximum atomic E-state index is 12.4. The molecule has 0 fully saturated rings. The third-order valence-electron chi connectivity index (χ3n) is 4.27. The Morgan fingerprint density at radius 1 is 1.31 bits per heavy atom. The molecule has 136 valence electrons. The van der Waals surface area contributed by atoms with Gasteiger partial charge in [0.05, 0.1) is 17.1 Å². The van der Waals surface area contributed by atoms with Crippen molar-refractivity contribution < 1.29 is 15.0 Å². The Morgan fingerprint density at radius 2 is 1.96 bits per heavy atom. The van der Waals surface area contributed by atoms with Gasteiger partial charge < -0.3 is 20.1 Å². The van der Waals surface area contributed by atoms with Crippen LogP contribution in [0.4, 0.5) is 5.82 Å². The topological polar surface area (TPSA) is 87.4 Å². The van der Waals surface area contributed by atoms with Crippen molar-refractivity contribution in [2.24, 2.45) is 7.05 Å². The molecule has 6 nitrogen and oxygen atoms in total. The molecule has 1 atom stereocenters. The second-order valence-electron chi connectivity index (χ2n) is 6.21. The van der Waals surface area contributed by atoms with Crippen LogP contribution in [0.5, 0.6) is 0 Å². The van der Waals surface area contributed by atoms with Gasteiger partial charge in [0, 0.05) is 30.3 Å². The van der Waals surface area contributed by atoms with E-state index in [4.69, 9.17) is 23.2 Å². The van der Waals surface area contributed by atoms with E-state index < -0.39 is 12.2 Å². The Morgan fingerprint density at radius 3 is 2.58 bits per heavy atom. The van der Waals surface area contributed by atoms with Gasteiger partial charge in [0.15, 0.2) is 0 Å². The van der Waals surface area contributed by atoms with Gasteiger partial charge in [0.25, 0.3) is 5.91 Å². The first-order chi connectivity index (χ1) is 12.2. The molecule has 0 spiro atoms. The van der Waals surface area contributed by atoms with Gasteiger partial charge in [-0.25, -0.2) is 4.98 Å². The van der Waals surface area contributed by atoms with Crippen LogP contribution in [0.3, 0.4) is 0 Å². The fourth-order valence-electron chi connectivity index (χ4n) is 2.58. The quantitative estimate of drug-likeness (QED) is 0.634. The minimum absolute atomic E-state index is 0.349. The molecule has 0 aliphatic rings. The summed E-state index contributed by atoms with van der Waals surface area (Å²) in [5.41, 5.74) is 0.309. The van der Waals surface area contributed by atoms with Crippen LogP contribution in [0, 0.1) is 0 Å². The predicted molar refractivity (Wildman–Crippen MR) is 102 cm³/mol. The van der Waals surface area contributed by atoms with E-state index in [1.165, 1.54) is 6.92 Å². The summed E-state index contributed by atoms with van der Waals surface area (Å²) >= 11 is 12.3. The molecule has 26 heavy (non-hydrogen) atoms. The Kier molecular flexibility index (Phi) is 4.94. The number of fused-ring (bicyclic) bond motifs is 1. The van der Waals surface area contributed by atoms with Gasteiger partial charge in [0.1, 0.15) is 16.6 Å². The number of halogens is 2. The smallest absolute Gasteiger partial charge is 0.256 e. The van der Waals surface area contributed by atoms with Crippen LogP contribution >= 0.6 is 23.2 Å². The Hall–Kier alpha value is -2.12. The molecule has 2 aromatic heterocycles. The standard InChI is InChI=1S/C18H17Cl2N3O3/c1-18(26,9-24)11-5-3-10(4-6-11)17(25)22-14-7-13-12(8-21-14)15(19)16(20)23(13)2/h3-8,24,26H,9H2,1-2H3,(H,21,22,25)/t18-/m1/s1. The van der Waals surface area contributed by atoms with Crippen molar-refractivity contribution in [2.45, 2.75) is 12.5 Å². The fourth-order valence-corrected chi connectivity index (χ4v) is 3.05. The number of hydrogen-bond donors (Lipinski definition) is 3. The first-order valence-corrected chi connectivity index (χ1v) is 8.55. The SMILES string of the molecule is Cn1c(Cl)c(Cl)c2cnc(NC(=O)c3ccc([C@](C)(O)CO)cc3)cc21. The highest BCUT2D eigenvalue weighted by molar-refractivity contribution is 6.45. The second-order valence-corrected chi connectivity index (χ2v) is 6.95. The number of aliphatic hydroxyl groups excluding tert-OH is 1. The number of rotatable bonds is 4. The lowest BCUT2D eigenvalue weighted by Gasteiger charge is -2.20. The minimum Gasteiger partial charge on any atom is -0.393 e. The van der Waals surface area contributed by atoms with E-state index in [1.807, 2.05) is 0 Å². The van der Waals surface area contributed by atoms with Crippen molar-refractivity contribution in [2.75, 3.05) is 11.9 Å². The van der Waals surface area contributed by atoms with Gasteiger partial charge >= 0.3 is 0 Å². The highest BCUT2D eigenvalue weighted by atomic mass is 35.5. The zero-order valence-corrected chi connectivity index (χ0v) is 15.6. The molecule has 1 amide bonds. The predicted octanol–water partition coefficient (Wildman–Crippen LogP) is 3.33. The largest absolute Gasteiger partial charge is 0.393 e. The molecule has 0 saturated carbocycles. The van der Waals surface area contributed by atoms with Gasteiger partial charge in [-0.05, 0) is 24.6 Å². The molecule has 3 aromatic rings. The Bertz CT molecular complexity index is 982. The van der Waals surface area contributed by atoms with Crippen LogP contribution < -0.4 is 5.32 Å². The van der Waals surface area contributed by atoms with Crippen molar-refractivity contribution in [3.05, 3.63) is 57.8 Å². The molecule has 0 bridgehead atoms. The summed E-state index contributed by atoms with van der Waals surface area (Å²) < 4.78 is 1.71. The van der Waals surface area contributed by atoms with Crippen molar-refractivity contribution in [1.82, 2.24) is 9.55 Å². The number of aryl methyl sites for hydroxylation is 1. The number of aliphatic hydroxyl groups is 2. The lowest BCUT2D eigenvalue weighted by molar-refractivity contribution is -0.00229. The van der Waals surface area contributed by atoms with Crippen LogP contribution in [0.1, 0.15) is 22.8 Å². The molecule has 3 rings (SSSR count). The van der Waals surface area contributed by atoms with Crippen LogP contribution in [-0.4, -0.2) is 32.3 Å². The molecular formula is C18H17Cl2N3O3. The number of amides is 1. The van der Waals surface area contributed by atoms with Gasteiger partial charge in [-0.3, -0.25) is 4.79 Å². The summed E-state index contributed by atoms with van der Waals surface area (Å²) in [6, 6.07) is 8.03. The first-order valence-electron chi connectivity index (χ1n) is 7.79. The summed E-state index contributed by atoms with van der Waals surface area (Å²) in [6.07, 6.45) is 1.56. The third kappa shape index (κ3) is 3.29. The molecule has 1 aromatic carbocycles. The number of carbonyl (C=O) groups excluding carboxylic acids is 1. The maximum absolute atomic E-state index is 12.4.